The van der Waals surface area contributed by atoms with Gasteiger partial charge in [0.1, 0.15) is 6.10 Å². The van der Waals surface area contributed by atoms with Crippen LogP contribution in [0.5, 0.6) is 0 Å². The predicted molar refractivity (Wildman–Crippen MR) is 134 cm³/mol. The van der Waals surface area contributed by atoms with Crippen LogP contribution < -0.4 is 10.2 Å². The fraction of sp³-hybridized carbons (Fsp3) is 0.259. The highest BCUT2D eigenvalue weighted by Gasteiger charge is 2.24. The number of anilines is 2. The second kappa shape index (κ2) is 11.1. The Hall–Kier alpha value is -3.51. The third-order valence-electron chi connectivity index (χ3n) is 5.73. The molecule has 0 saturated heterocycles. The van der Waals surface area contributed by atoms with Crippen molar-refractivity contribution in [1.29, 1.82) is 0 Å². The first-order chi connectivity index (χ1) is 16.5. The second-order valence-electron chi connectivity index (χ2n) is 8.05. The lowest BCUT2D eigenvalue weighted by Gasteiger charge is -2.34. The number of nitrogens with zero attached hydrogens (tertiary/aromatic N) is 1. The number of nitrogens with one attached hydrogen (secondary N) is 1. The molecule has 1 heterocycles. The van der Waals surface area contributed by atoms with Crippen LogP contribution in [-0.2, 0) is 15.9 Å². The van der Waals surface area contributed by atoms with E-state index in [0.717, 1.165) is 24.9 Å². The summed E-state index contributed by atoms with van der Waals surface area (Å²) in [6.07, 6.45) is 1.02. The predicted octanol–water partition coefficient (Wildman–Crippen LogP) is 6.26. The van der Waals surface area contributed by atoms with Gasteiger partial charge in [-0.15, -0.1) is 0 Å². The van der Waals surface area contributed by atoms with Crippen molar-refractivity contribution >= 4 is 35.0 Å². The van der Waals surface area contributed by atoms with Crippen LogP contribution in [0.15, 0.2) is 72.8 Å². The van der Waals surface area contributed by atoms with Gasteiger partial charge in [0.25, 0.3) is 0 Å². The Morgan fingerprint density at radius 2 is 1.76 bits per heavy atom. The summed E-state index contributed by atoms with van der Waals surface area (Å²) in [6, 6.07) is 22.2. The smallest absolute Gasteiger partial charge is 0.412 e. The number of carbonyl (C=O) groups is 2. The zero-order valence-corrected chi connectivity index (χ0v) is 19.8. The van der Waals surface area contributed by atoms with Gasteiger partial charge in [0.05, 0.1) is 18.7 Å². The van der Waals surface area contributed by atoms with Gasteiger partial charge in [-0.1, -0.05) is 41.9 Å². The van der Waals surface area contributed by atoms with Crippen LogP contribution in [0, 0.1) is 0 Å². The molecular formula is C27H27ClN2O4. The number of hydrogen-bond acceptors (Lipinski definition) is 5. The summed E-state index contributed by atoms with van der Waals surface area (Å²) in [5.41, 5.74) is 4.28. The Kier molecular flexibility index (Phi) is 7.70. The average Bonchev–Trinajstić information content (AvgIpc) is 2.85. The molecule has 0 saturated carbocycles. The van der Waals surface area contributed by atoms with Crippen LogP contribution in [0.25, 0.3) is 0 Å². The summed E-state index contributed by atoms with van der Waals surface area (Å²) in [6.45, 7) is 3.47. The second-order valence-corrected chi connectivity index (χ2v) is 8.48. The Morgan fingerprint density at radius 3 is 2.50 bits per heavy atom. The van der Waals surface area contributed by atoms with Crippen molar-refractivity contribution in [3.8, 4) is 0 Å². The fourth-order valence-electron chi connectivity index (χ4n) is 4.07. The molecule has 0 aromatic heterocycles. The third kappa shape index (κ3) is 5.88. The van der Waals surface area contributed by atoms with Gasteiger partial charge in [-0.25, -0.2) is 9.59 Å². The molecule has 1 unspecified atom stereocenters. The SMILES string of the molecule is CCOC(=O)c1ccc(NC(=O)OC(CN2CCCc3ccccc32)c2ccc(Cl)cc2)cc1. The summed E-state index contributed by atoms with van der Waals surface area (Å²) in [5, 5.41) is 3.37. The molecule has 1 amide bonds. The number of ether oxygens (including phenoxy) is 2. The number of fused-ring (bicyclic) bond motifs is 1. The van der Waals surface area contributed by atoms with Crippen LogP contribution in [0.1, 0.15) is 40.9 Å². The van der Waals surface area contributed by atoms with Crippen molar-refractivity contribution in [2.45, 2.75) is 25.9 Å². The van der Waals surface area contributed by atoms with Crippen molar-refractivity contribution in [3.63, 3.8) is 0 Å². The summed E-state index contributed by atoms with van der Waals surface area (Å²) in [4.78, 5) is 26.9. The maximum Gasteiger partial charge on any atom is 0.412 e. The van der Waals surface area contributed by atoms with E-state index in [4.69, 9.17) is 21.1 Å². The minimum absolute atomic E-state index is 0.304. The minimum atomic E-state index is -0.575. The highest BCUT2D eigenvalue weighted by Crippen LogP contribution is 2.30. The molecule has 0 bridgehead atoms. The normalized spacial score (nSPS) is 13.5. The number of carbonyl (C=O) groups excluding carboxylic acids is 2. The van der Waals surface area contributed by atoms with Gasteiger partial charge in [0.2, 0.25) is 0 Å². The lowest BCUT2D eigenvalue weighted by molar-refractivity contribution is 0.0526. The Balaban J connectivity index is 1.48. The van der Waals surface area contributed by atoms with Crippen LogP contribution >= 0.6 is 11.6 Å². The average molecular weight is 479 g/mol. The van der Waals surface area contributed by atoms with Crippen LogP contribution in [0.4, 0.5) is 16.2 Å². The van der Waals surface area contributed by atoms with Crippen molar-refractivity contribution in [2.24, 2.45) is 0 Å². The first-order valence-electron chi connectivity index (χ1n) is 11.4. The van der Waals surface area contributed by atoms with Gasteiger partial charge in [0, 0.05) is 22.9 Å². The quantitative estimate of drug-likeness (QED) is 0.406. The Labute approximate surface area is 204 Å². The van der Waals surface area contributed by atoms with Gasteiger partial charge in [-0.2, -0.15) is 0 Å². The molecule has 1 atom stereocenters. The number of halogens is 1. The van der Waals surface area contributed by atoms with E-state index in [2.05, 4.69) is 28.4 Å². The van der Waals surface area contributed by atoms with E-state index < -0.39 is 18.2 Å². The number of hydrogen-bond donors (Lipinski definition) is 1. The summed E-state index contributed by atoms with van der Waals surface area (Å²) in [5.74, 6) is -0.402. The number of para-hydroxylation sites is 1. The molecule has 0 aliphatic carbocycles. The summed E-state index contributed by atoms with van der Waals surface area (Å²) in [7, 11) is 0. The van der Waals surface area contributed by atoms with Crippen LogP contribution in [0.2, 0.25) is 5.02 Å². The van der Waals surface area contributed by atoms with Gasteiger partial charge >= 0.3 is 12.1 Å². The molecule has 34 heavy (non-hydrogen) atoms. The van der Waals surface area contributed by atoms with E-state index in [9.17, 15) is 9.59 Å². The maximum atomic E-state index is 12.8. The zero-order valence-electron chi connectivity index (χ0n) is 19.0. The van der Waals surface area contributed by atoms with Crippen LogP contribution in [0.3, 0.4) is 0 Å². The Bertz CT molecular complexity index is 1130. The summed E-state index contributed by atoms with van der Waals surface area (Å²) < 4.78 is 10.9. The van der Waals surface area contributed by atoms with Gasteiger partial charge in [-0.05, 0) is 73.4 Å². The molecule has 1 aliphatic heterocycles. The molecule has 0 fully saturated rings. The van der Waals surface area contributed by atoms with Gasteiger partial charge in [0.15, 0.2) is 0 Å². The number of aryl methyl sites for hydroxylation is 1. The van der Waals surface area contributed by atoms with E-state index in [1.54, 1.807) is 43.3 Å². The van der Waals surface area contributed by atoms with Gasteiger partial charge < -0.3 is 14.4 Å². The number of esters is 1. The van der Waals surface area contributed by atoms with E-state index in [-0.39, 0.29) is 0 Å². The van der Waals surface area contributed by atoms with Crippen molar-refractivity contribution in [1.82, 2.24) is 0 Å². The molecule has 176 valence electrons. The highest BCUT2D eigenvalue weighted by atomic mass is 35.5. The molecule has 3 aromatic rings. The molecule has 1 N–H and O–H groups in total. The lowest BCUT2D eigenvalue weighted by atomic mass is 10.0. The molecule has 1 aliphatic rings. The molecule has 7 heteroatoms. The van der Waals surface area contributed by atoms with Crippen LogP contribution in [-0.4, -0.2) is 31.8 Å². The van der Waals surface area contributed by atoms with Crippen molar-refractivity contribution in [2.75, 3.05) is 29.9 Å². The number of benzene rings is 3. The molecule has 0 spiro atoms. The Morgan fingerprint density at radius 1 is 1.03 bits per heavy atom. The third-order valence-corrected chi connectivity index (χ3v) is 5.98. The fourth-order valence-corrected chi connectivity index (χ4v) is 4.20. The highest BCUT2D eigenvalue weighted by molar-refractivity contribution is 6.30. The molecule has 3 aromatic carbocycles. The van der Waals surface area contributed by atoms with E-state index in [0.29, 0.717) is 29.4 Å². The first kappa shape index (κ1) is 23.6. The topological polar surface area (TPSA) is 67.9 Å². The van der Waals surface area contributed by atoms with Crippen molar-refractivity contribution in [3.05, 3.63) is 94.5 Å². The molecular weight excluding hydrogens is 452 g/mol. The lowest BCUT2D eigenvalue weighted by Crippen LogP contribution is -2.35. The zero-order chi connectivity index (χ0) is 23.9. The molecule has 4 rings (SSSR count). The standard InChI is InChI=1S/C27H27ClN2O4/c1-2-33-26(31)21-11-15-23(16-12-21)29-27(32)34-25(20-9-13-22(28)14-10-20)18-30-17-5-7-19-6-3-4-8-24(19)30/h3-4,6,8-16,25H,2,5,7,17-18H2,1H3,(H,29,32). The first-order valence-corrected chi connectivity index (χ1v) is 11.7. The monoisotopic (exact) mass is 478 g/mol. The minimum Gasteiger partial charge on any atom is -0.462 e. The largest absolute Gasteiger partial charge is 0.462 e. The van der Waals surface area contributed by atoms with E-state index in [1.807, 2.05) is 18.2 Å². The molecule has 0 radical (unpaired) electrons. The molecule has 6 nitrogen and oxygen atoms in total. The van der Waals surface area contributed by atoms with E-state index in [1.165, 1.54) is 11.3 Å². The summed E-state index contributed by atoms with van der Waals surface area (Å²) >= 11 is 6.08. The number of amides is 1. The van der Waals surface area contributed by atoms with E-state index >= 15 is 0 Å². The number of rotatable bonds is 7. The van der Waals surface area contributed by atoms with Crippen molar-refractivity contribution < 1.29 is 19.1 Å². The van der Waals surface area contributed by atoms with Gasteiger partial charge in [-0.3, -0.25) is 5.32 Å². The maximum absolute atomic E-state index is 12.8.